The highest BCUT2D eigenvalue weighted by Gasteiger charge is 2.18. The molecule has 1 aliphatic carbocycles. The van der Waals surface area contributed by atoms with Crippen molar-refractivity contribution in [2.24, 2.45) is 5.73 Å². The molecule has 0 amide bonds. The van der Waals surface area contributed by atoms with Gasteiger partial charge in [-0.1, -0.05) is 19.6 Å². The minimum atomic E-state index is -0.139. The van der Waals surface area contributed by atoms with Crippen LogP contribution in [0, 0.1) is 0 Å². The van der Waals surface area contributed by atoms with Gasteiger partial charge < -0.3 is 11.1 Å². The Bertz CT molecular complexity index is 69.3. The van der Waals surface area contributed by atoms with Crippen molar-refractivity contribution in [1.29, 1.82) is 0 Å². The smallest absolute Gasteiger partial charge is 0.0430 e. The summed E-state index contributed by atoms with van der Waals surface area (Å²) in [5, 5.41) is 3.10. The standard InChI is InChI=1S/C4H10N2.C3H10Si/c5-3-6-4-1-2-4;1-4(2)3/h4,6H,1-3,5H2;4H,1-3H3. The number of hydrogen-bond acceptors (Lipinski definition) is 2. The van der Waals surface area contributed by atoms with E-state index >= 15 is 0 Å². The van der Waals surface area contributed by atoms with E-state index in [2.05, 4.69) is 25.0 Å². The lowest BCUT2D eigenvalue weighted by atomic mass is 10.7. The molecule has 0 spiro atoms. The van der Waals surface area contributed by atoms with Crippen LogP contribution in [0.5, 0.6) is 0 Å². The first-order valence-corrected chi connectivity index (χ1v) is 7.56. The van der Waals surface area contributed by atoms with E-state index in [0.29, 0.717) is 6.67 Å². The molecule has 0 aromatic rings. The van der Waals surface area contributed by atoms with Gasteiger partial charge in [-0.3, -0.25) is 0 Å². The predicted molar refractivity (Wildman–Crippen MR) is 50.0 cm³/mol. The summed E-state index contributed by atoms with van der Waals surface area (Å²) < 4.78 is 0. The fraction of sp³-hybridized carbons (Fsp3) is 1.00. The first-order valence-electron chi connectivity index (χ1n) is 4.10. The first kappa shape index (κ1) is 10.1. The zero-order valence-electron chi connectivity index (χ0n) is 7.35. The van der Waals surface area contributed by atoms with E-state index in [9.17, 15) is 0 Å². The van der Waals surface area contributed by atoms with Gasteiger partial charge in [-0.05, 0) is 12.8 Å². The molecular weight excluding hydrogens is 140 g/mol. The fourth-order valence-electron chi connectivity index (χ4n) is 0.454. The Hall–Kier alpha value is 0.137. The molecule has 3 N–H and O–H groups in total. The lowest BCUT2D eigenvalue weighted by Gasteiger charge is -1.90. The maximum atomic E-state index is 5.16. The van der Waals surface area contributed by atoms with Gasteiger partial charge >= 0.3 is 0 Å². The van der Waals surface area contributed by atoms with Crippen molar-refractivity contribution >= 4 is 8.80 Å². The van der Waals surface area contributed by atoms with Gasteiger partial charge in [0.2, 0.25) is 0 Å². The van der Waals surface area contributed by atoms with Crippen LogP contribution in [0.1, 0.15) is 12.8 Å². The third-order valence-corrected chi connectivity index (χ3v) is 0.984. The lowest BCUT2D eigenvalue weighted by molar-refractivity contribution is 0.703. The summed E-state index contributed by atoms with van der Waals surface area (Å²) in [5.41, 5.74) is 5.16. The van der Waals surface area contributed by atoms with E-state index < -0.39 is 0 Å². The van der Waals surface area contributed by atoms with Crippen LogP contribution < -0.4 is 11.1 Å². The van der Waals surface area contributed by atoms with E-state index in [-0.39, 0.29) is 8.80 Å². The average molecular weight is 160 g/mol. The Balaban J connectivity index is 0.000000180. The minimum absolute atomic E-state index is 0.139. The Morgan fingerprint density at radius 2 is 1.80 bits per heavy atom. The molecule has 0 unspecified atom stereocenters. The van der Waals surface area contributed by atoms with Crippen LogP contribution in [0.15, 0.2) is 0 Å². The van der Waals surface area contributed by atoms with Gasteiger partial charge in [-0.2, -0.15) is 0 Å². The van der Waals surface area contributed by atoms with E-state index in [1.54, 1.807) is 0 Å². The topological polar surface area (TPSA) is 38.0 Å². The summed E-state index contributed by atoms with van der Waals surface area (Å²) in [4.78, 5) is 0. The molecule has 1 rings (SSSR count). The van der Waals surface area contributed by atoms with E-state index in [1.165, 1.54) is 12.8 Å². The maximum absolute atomic E-state index is 5.16. The Morgan fingerprint density at radius 1 is 1.40 bits per heavy atom. The molecule has 0 atom stereocenters. The van der Waals surface area contributed by atoms with Crippen molar-refractivity contribution in [1.82, 2.24) is 5.32 Å². The zero-order chi connectivity index (χ0) is 7.98. The largest absolute Gasteiger partial charge is 0.318 e. The summed E-state index contributed by atoms with van der Waals surface area (Å²) >= 11 is 0. The molecule has 0 heterocycles. The van der Waals surface area contributed by atoms with E-state index in [4.69, 9.17) is 5.73 Å². The molecule has 10 heavy (non-hydrogen) atoms. The molecule has 0 bridgehead atoms. The monoisotopic (exact) mass is 160 g/mol. The SMILES string of the molecule is C[SiH](C)C.NCNC1CC1. The molecule has 1 saturated carbocycles. The van der Waals surface area contributed by atoms with Gasteiger partial charge in [0.25, 0.3) is 0 Å². The van der Waals surface area contributed by atoms with Crippen molar-refractivity contribution in [2.45, 2.75) is 38.5 Å². The van der Waals surface area contributed by atoms with Crippen LogP contribution >= 0.6 is 0 Å². The molecule has 1 aliphatic rings. The van der Waals surface area contributed by atoms with Crippen LogP contribution in [-0.4, -0.2) is 21.5 Å². The summed E-state index contributed by atoms with van der Waals surface area (Å²) in [6.07, 6.45) is 2.66. The maximum Gasteiger partial charge on any atom is 0.0430 e. The predicted octanol–water partition coefficient (Wildman–Crippen LogP) is 0.757. The van der Waals surface area contributed by atoms with E-state index in [1.807, 2.05) is 0 Å². The second-order valence-corrected chi connectivity index (χ2v) is 6.88. The molecule has 3 heteroatoms. The molecule has 62 valence electrons. The van der Waals surface area contributed by atoms with Crippen LogP contribution in [0.2, 0.25) is 19.6 Å². The molecule has 0 aliphatic heterocycles. The van der Waals surface area contributed by atoms with Crippen molar-refractivity contribution in [2.75, 3.05) is 6.67 Å². The quantitative estimate of drug-likeness (QED) is 0.462. The van der Waals surface area contributed by atoms with Crippen molar-refractivity contribution < 1.29 is 0 Å². The van der Waals surface area contributed by atoms with Crippen molar-refractivity contribution in [3.8, 4) is 0 Å². The minimum Gasteiger partial charge on any atom is -0.318 e. The summed E-state index contributed by atoms with van der Waals surface area (Å²) in [6.45, 7) is 7.56. The molecule has 0 aromatic carbocycles. The third-order valence-electron chi connectivity index (χ3n) is 0.984. The first-order chi connectivity index (χ1) is 4.66. The average Bonchev–Trinajstić information content (AvgIpc) is 2.48. The summed E-state index contributed by atoms with van der Waals surface area (Å²) in [6, 6.07) is 0.773. The number of rotatable bonds is 2. The van der Waals surface area contributed by atoms with Crippen molar-refractivity contribution in [3.05, 3.63) is 0 Å². The zero-order valence-corrected chi connectivity index (χ0v) is 8.51. The van der Waals surface area contributed by atoms with Crippen LogP contribution in [0.4, 0.5) is 0 Å². The van der Waals surface area contributed by atoms with E-state index in [0.717, 1.165) is 6.04 Å². The Kier molecular flexibility index (Phi) is 5.97. The number of hydrogen-bond donors (Lipinski definition) is 2. The van der Waals surface area contributed by atoms with Crippen LogP contribution in [0.25, 0.3) is 0 Å². The highest BCUT2D eigenvalue weighted by molar-refractivity contribution is 6.54. The Labute approximate surface area is 65.8 Å². The van der Waals surface area contributed by atoms with Gasteiger partial charge in [0.1, 0.15) is 0 Å². The number of nitrogens with one attached hydrogen (secondary N) is 1. The Morgan fingerprint density at radius 3 is 1.90 bits per heavy atom. The van der Waals surface area contributed by atoms with Crippen LogP contribution in [-0.2, 0) is 0 Å². The normalized spacial score (nSPS) is 16.5. The number of nitrogens with two attached hydrogens (primary N) is 1. The lowest BCUT2D eigenvalue weighted by Crippen LogP contribution is -2.23. The highest BCUT2D eigenvalue weighted by atomic mass is 28.3. The van der Waals surface area contributed by atoms with Crippen molar-refractivity contribution in [3.63, 3.8) is 0 Å². The van der Waals surface area contributed by atoms with Gasteiger partial charge in [0.05, 0.1) is 0 Å². The summed E-state index contributed by atoms with van der Waals surface area (Å²) in [7, 11) is -0.139. The molecular formula is C7H20N2Si. The fourth-order valence-corrected chi connectivity index (χ4v) is 0.454. The molecule has 0 saturated heterocycles. The third kappa shape index (κ3) is 11.0. The molecule has 0 aromatic heterocycles. The highest BCUT2D eigenvalue weighted by Crippen LogP contribution is 2.17. The second kappa shape index (κ2) is 5.89. The molecule has 0 radical (unpaired) electrons. The van der Waals surface area contributed by atoms with Crippen LogP contribution in [0.3, 0.4) is 0 Å². The second-order valence-electron chi connectivity index (χ2n) is 3.41. The molecule has 1 fully saturated rings. The van der Waals surface area contributed by atoms with Gasteiger partial charge in [-0.25, -0.2) is 0 Å². The van der Waals surface area contributed by atoms with Gasteiger partial charge in [-0.15, -0.1) is 0 Å². The summed E-state index contributed by atoms with van der Waals surface area (Å²) in [5.74, 6) is 0. The molecule has 2 nitrogen and oxygen atoms in total. The van der Waals surface area contributed by atoms with Gasteiger partial charge in [0, 0.05) is 21.5 Å². The van der Waals surface area contributed by atoms with Gasteiger partial charge in [0.15, 0.2) is 0 Å².